The maximum Gasteiger partial charge on any atom is 0.136 e. The summed E-state index contributed by atoms with van der Waals surface area (Å²) in [7, 11) is 0. The molecule has 0 aliphatic heterocycles. The zero-order valence-corrected chi connectivity index (χ0v) is 8.51. The molecule has 0 unspecified atom stereocenters. The van der Waals surface area contributed by atoms with Crippen molar-refractivity contribution in [3.63, 3.8) is 0 Å². The fourth-order valence-corrected chi connectivity index (χ4v) is 2.40. The zero-order chi connectivity index (χ0) is 9.54. The molecule has 1 N–H and O–H groups in total. The molecule has 0 fully saturated rings. The lowest BCUT2D eigenvalue weighted by atomic mass is 10.2. The molecule has 4 heteroatoms. The van der Waals surface area contributed by atoms with Crippen molar-refractivity contribution in [2.45, 2.75) is 6.92 Å². The molecular weight excluding hydrogens is 194 g/mol. The Morgan fingerprint density at radius 3 is 3.14 bits per heavy atom. The highest BCUT2D eigenvalue weighted by molar-refractivity contribution is 7.13. The molecule has 14 heavy (non-hydrogen) atoms. The number of nitrogens with one attached hydrogen (secondary N) is 1. The van der Waals surface area contributed by atoms with Crippen LogP contribution in [0.15, 0.2) is 29.9 Å². The minimum atomic E-state index is 1.08. The lowest BCUT2D eigenvalue weighted by molar-refractivity contribution is 0.980. The standard InChI is InChI=1S/C10H9N3S/c1-7-9(8-3-2-6-14-8)12-13-5-4-11-10(7)13/h2-6,11H,1H3. The number of rotatable bonds is 1. The average Bonchev–Trinajstić information content (AvgIpc) is 2.84. The molecule has 3 heterocycles. The summed E-state index contributed by atoms with van der Waals surface area (Å²) in [5.74, 6) is 0. The van der Waals surface area contributed by atoms with E-state index in [1.54, 1.807) is 11.3 Å². The third kappa shape index (κ3) is 0.943. The summed E-state index contributed by atoms with van der Waals surface area (Å²) in [4.78, 5) is 4.40. The van der Waals surface area contributed by atoms with E-state index in [9.17, 15) is 0 Å². The van der Waals surface area contributed by atoms with Gasteiger partial charge in [0.05, 0.1) is 4.88 Å². The Balaban J connectivity index is 2.32. The molecule has 0 saturated heterocycles. The predicted molar refractivity (Wildman–Crippen MR) is 57.6 cm³/mol. The molecule has 0 aliphatic rings. The van der Waals surface area contributed by atoms with Gasteiger partial charge in [-0.25, -0.2) is 4.52 Å². The molecule has 0 radical (unpaired) electrons. The first-order valence-electron chi connectivity index (χ1n) is 4.42. The van der Waals surface area contributed by atoms with Crippen molar-refractivity contribution in [1.29, 1.82) is 0 Å². The van der Waals surface area contributed by atoms with Crippen LogP contribution in [0.3, 0.4) is 0 Å². The van der Waals surface area contributed by atoms with Gasteiger partial charge in [-0.3, -0.25) is 0 Å². The second kappa shape index (κ2) is 2.72. The molecule has 70 valence electrons. The smallest absolute Gasteiger partial charge is 0.136 e. The normalized spacial score (nSPS) is 11.2. The van der Waals surface area contributed by atoms with Crippen LogP contribution in [-0.4, -0.2) is 14.6 Å². The Morgan fingerprint density at radius 1 is 1.50 bits per heavy atom. The summed E-state index contributed by atoms with van der Waals surface area (Å²) >= 11 is 1.72. The van der Waals surface area contributed by atoms with Gasteiger partial charge in [-0.15, -0.1) is 11.3 Å². The minimum Gasteiger partial charge on any atom is -0.345 e. The van der Waals surface area contributed by atoms with Gasteiger partial charge in [0.25, 0.3) is 0 Å². The summed E-state index contributed by atoms with van der Waals surface area (Å²) < 4.78 is 1.88. The monoisotopic (exact) mass is 203 g/mol. The third-order valence-corrected chi connectivity index (χ3v) is 3.21. The summed E-state index contributed by atoms with van der Waals surface area (Å²) in [6.07, 6.45) is 3.83. The molecule has 0 amide bonds. The van der Waals surface area contributed by atoms with Crippen LogP contribution < -0.4 is 0 Å². The SMILES string of the molecule is Cc1c(-c2cccs2)nn2cc[nH]c12. The Bertz CT molecular complexity index is 559. The van der Waals surface area contributed by atoms with Gasteiger partial charge in [0.1, 0.15) is 11.3 Å². The van der Waals surface area contributed by atoms with Crippen LogP contribution in [0.25, 0.3) is 16.2 Å². The van der Waals surface area contributed by atoms with Crippen molar-refractivity contribution in [2.24, 2.45) is 0 Å². The van der Waals surface area contributed by atoms with E-state index in [1.807, 2.05) is 23.0 Å². The van der Waals surface area contributed by atoms with E-state index in [0.717, 1.165) is 11.3 Å². The molecular formula is C10H9N3S. The van der Waals surface area contributed by atoms with Gasteiger partial charge in [-0.2, -0.15) is 5.10 Å². The Morgan fingerprint density at radius 2 is 2.43 bits per heavy atom. The maximum absolute atomic E-state index is 4.51. The highest BCUT2D eigenvalue weighted by atomic mass is 32.1. The molecule has 0 aromatic carbocycles. The van der Waals surface area contributed by atoms with Crippen LogP contribution in [0.4, 0.5) is 0 Å². The molecule has 3 rings (SSSR count). The number of aromatic nitrogens is 3. The van der Waals surface area contributed by atoms with E-state index in [2.05, 4.69) is 28.5 Å². The molecule has 0 spiro atoms. The predicted octanol–water partition coefficient (Wildman–Crippen LogP) is 2.70. The third-order valence-electron chi connectivity index (χ3n) is 2.34. The van der Waals surface area contributed by atoms with E-state index in [0.29, 0.717) is 0 Å². The average molecular weight is 203 g/mol. The number of hydrogen-bond donors (Lipinski definition) is 1. The van der Waals surface area contributed by atoms with E-state index in [-0.39, 0.29) is 0 Å². The van der Waals surface area contributed by atoms with Crippen LogP contribution in [0.1, 0.15) is 5.56 Å². The molecule has 3 nitrogen and oxygen atoms in total. The second-order valence-corrected chi connectivity index (χ2v) is 4.15. The van der Waals surface area contributed by atoms with Crippen molar-refractivity contribution in [3.05, 3.63) is 35.5 Å². The molecule has 0 atom stereocenters. The Labute approximate surface area is 85.0 Å². The minimum absolute atomic E-state index is 1.08. The summed E-state index contributed by atoms with van der Waals surface area (Å²) in [5, 5.41) is 6.58. The number of nitrogens with zero attached hydrogens (tertiary/aromatic N) is 2. The largest absolute Gasteiger partial charge is 0.345 e. The van der Waals surface area contributed by atoms with Crippen LogP contribution in [-0.2, 0) is 0 Å². The fourth-order valence-electron chi connectivity index (χ4n) is 1.63. The number of H-pyrrole nitrogens is 1. The van der Waals surface area contributed by atoms with Gasteiger partial charge in [0.2, 0.25) is 0 Å². The van der Waals surface area contributed by atoms with E-state index in [1.165, 1.54) is 10.4 Å². The topological polar surface area (TPSA) is 33.1 Å². The van der Waals surface area contributed by atoms with E-state index < -0.39 is 0 Å². The van der Waals surface area contributed by atoms with Crippen LogP contribution >= 0.6 is 11.3 Å². The quantitative estimate of drug-likeness (QED) is 0.648. The van der Waals surface area contributed by atoms with Crippen LogP contribution in [0, 0.1) is 6.92 Å². The van der Waals surface area contributed by atoms with Crippen molar-refractivity contribution < 1.29 is 0 Å². The summed E-state index contributed by atoms with van der Waals surface area (Å²) in [6.45, 7) is 2.09. The van der Waals surface area contributed by atoms with Gasteiger partial charge >= 0.3 is 0 Å². The first-order valence-corrected chi connectivity index (χ1v) is 5.30. The molecule has 0 bridgehead atoms. The first kappa shape index (κ1) is 7.82. The number of fused-ring (bicyclic) bond motifs is 1. The zero-order valence-electron chi connectivity index (χ0n) is 7.69. The van der Waals surface area contributed by atoms with Gasteiger partial charge < -0.3 is 4.98 Å². The van der Waals surface area contributed by atoms with Crippen molar-refractivity contribution in [1.82, 2.24) is 14.6 Å². The lowest BCUT2D eigenvalue weighted by Gasteiger charge is -1.90. The van der Waals surface area contributed by atoms with Crippen molar-refractivity contribution >= 4 is 17.0 Å². The van der Waals surface area contributed by atoms with Crippen molar-refractivity contribution in [2.75, 3.05) is 0 Å². The number of hydrogen-bond acceptors (Lipinski definition) is 2. The lowest BCUT2D eigenvalue weighted by Crippen LogP contribution is -1.79. The van der Waals surface area contributed by atoms with Crippen molar-refractivity contribution in [3.8, 4) is 10.6 Å². The molecule has 3 aromatic rings. The fraction of sp³-hybridized carbons (Fsp3) is 0.100. The number of thiophene rings is 1. The number of aryl methyl sites for hydroxylation is 1. The Kier molecular flexibility index (Phi) is 1.52. The summed E-state index contributed by atoms with van der Waals surface area (Å²) in [6, 6.07) is 4.15. The highest BCUT2D eigenvalue weighted by Gasteiger charge is 2.11. The molecule has 3 aromatic heterocycles. The number of imidazole rings is 1. The van der Waals surface area contributed by atoms with Gasteiger partial charge in [-0.1, -0.05) is 6.07 Å². The maximum atomic E-state index is 4.51. The van der Waals surface area contributed by atoms with Crippen LogP contribution in [0.2, 0.25) is 0 Å². The van der Waals surface area contributed by atoms with Gasteiger partial charge in [0.15, 0.2) is 0 Å². The molecule has 0 saturated carbocycles. The molecule has 0 aliphatic carbocycles. The van der Waals surface area contributed by atoms with Gasteiger partial charge in [-0.05, 0) is 18.4 Å². The second-order valence-electron chi connectivity index (χ2n) is 3.20. The van der Waals surface area contributed by atoms with E-state index >= 15 is 0 Å². The first-order chi connectivity index (χ1) is 6.86. The summed E-state index contributed by atoms with van der Waals surface area (Å²) in [5.41, 5.74) is 3.36. The van der Waals surface area contributed by atoms with E-state index in [4.69, 9.17) is 0 Å². The van der Waals surface area contributed by atoms with Crippen LogP contribution in [0.5, 0.6) is 0 Å². The number of aromatic amines is 1. The Hall–Kier alpha value is -1.55. The highest BCUT2D eigenvalue weighted by Crippen LogP contribution is 2.27. The van der Waals surface area contributed by atoms with Gasteiger partial charge in [0, 0.05) is 18.0 Å².